The molecule has 1 N–H and O–H groups in total. The van der Waals surface area contributed by atoms with Crippen LogP contribution in [0, 0.1) is 5.92 Å². The Morgan fingerprint density at radius 3 is 2.36 bits per heavy atom. The molecule has 2 aliphatic rings. The summed E-state index contributed by atoms with van der Waals surface area (Å²) in [5.74, 6) is 1.91. The second-order valence-corrected chi connectivity index (χ2v) is 8.46. The van der Waals surface area contributed by atoms with Gasteiger partial charge in [0.2, 0.25) is 11.8 Å². The zero-order valence-corrected chi connectivity index (χ0v) is 19.2. The molecule has 0 saturated carbocycles. The number of likely N-dealkylation sites (tertiary alicyclic amines) is 2. The molecule has 0 atom stereocenters. The number of carbonyl (C=O) groups excluding carboxylic acids is 2. The summed E-state index contributed by atoms with van der Waals surface area (Å²) in [6.07, 6.45) is 5.26. The number of nitrogens with zero attached hydrogens (tertiary/aromatic N) is 3. The summed E-state index contributed by atoms with van der Waals surface area (Å²) >= 11 is 0. The number of benzene rings is 1. The predicted molar refractivity (Wildman–Crippen MR) is 124 cm³/mol. The van der Waals surface area contributed by atoms with Gasteiger partial charge in [0.05, 0.1) is 6.61 Å². The summed E-state index contributed by atoms with van der Waals surface area (Å²) in [5, 5.41) is 3.03. The van der Waals surface area contributed by atoms with Crippen LogP contribution in [0.2, 0.25) is 0 Å². The van der Waals surface area contributed by atoms with Crippen LogP contribution in [0.25, 0.3) is 0 Å². The SMILES string of the molecule is CCOc1ccc(Oc2cc(CNC(=O)C3CCN(C(=O)N4CCCC4)CC3)ccn2)cc1. The number of pyridine rings is 1. The Balaban J connectivity index is 1.23. The van der Waals surface area contributed by atoms with Crippen molar-refractivity contribution < 1.29 is 19.1 Å². The molecule has 0 radical (unpaired) electrons. The van der Waals surface area contributed by atoms with E-state index in [4.69, 9.17) is 9.47 Å². The minimum atomic E-state index is -0.0611. The van der Waals surface area contributed by atoms with E-state index >= 15 is 0 Å². The van der Waals surface area contributed by atoms with Crippen LogP contribution in [0.4, 0.5) is 4.79 Å². The maximum atomic E-state index is 12.7. The molecule has 8 nitrogen and oxygen atoms in total. The third-order valence-corrected chi connectivity index (χ3v) is 6.14. The fourth-order valence-electron chi connectivity index (χ4n) is 4.28. The van der Waals surface area contributed by atoms with Crippen molar-refractivity contribution in [1.29, 1.82) is 0 Å². The molecule has 0 unspecified atom stereocenters. The Bertz CT molecular complexity index is 936. The van der Waals surface area contributed by atoms with E-state index in [9.17, 15) is 9.59 Å². The zero-order valence-electron chi connectivity index (χ0n) is 19.2. The molecule has 33 heavy (non-hydrogen) atoms. The van der Waals surface area contributed by atoms with Crippen LogP contribution in [-0.4, -0.2) is 59.5 Å². The number of aromatic nitrogens is 1. The van der Waals surface area contributed by atoms with E-state index in [0.29, 0.717) is 50.7 Å². The average molecular weight is 453 g/mol. The fraction of sp³-hybridized carbons (Fsp3) is 0.480. The van der Waals surface area contributed by atoms with Crippen LogP contribution >= 0.6 is 0 Å². The highest BCUT2D eigenvalue weighted by Crippen LogP contribution is 2.24. The molecule has 2 aliphatic heterocycles. The van der Waals surface area contributed by atoms with Gasteiger partial charge in [-0.05, 0) is 68.5 Å². The Kier molecular flexibility index (Phi) is 7.65. The molecular formula is C25H32N4O4. The van der Waals surface area contributed by atoms with E-state index in [0.717, 1.165) is 37.2 Å². The quantitative estimate of drug-likeness (QED) is 0.691. The highest BCUT2D eigenvalue weighted by atomic mass is 16.5. The summed E-state index contributed by atoms with van der Waals surface area (Å²) in [6, 6.07) is 11.2. The number of ether oxygens (including phenoxy) is 2. The van der Waals surface area contributed by atoms with Gasteiger partial charge in [0.25, 0.3) is 0 Å². The van der Waals surface area contributed by atoms with Gasteiger partial charge in [-0.15, -0.1) is 0 Å². The van der Waals surface area contributed by atoms with Crippen molar-refractivity contribution in [2.24, 2.45) is 5.92 Å². The van der Waals surface area contributed by atoms with Crippen LogP contribution in [-0.2, 0) is 11.3 Å². The lowest BCUT2D eigenvalue weighted by molar-refractivity contribution is -0.126. The smallest absolute Gasteiger partial charge is 0.319 e. The first-order valence-corrected chi connectivity index (χ1v) is 11.8. The van der Waals surface area contributed by atoms with Gasteiger partial charge in [-0.2, -0.15) is 0 Å². The Morgan fingerprint density at radius 1 is 1.00 bits per heavy atom. The molecule has 0 bridgehead atoms. The summed E-state index contributed by atoms with van der Waals surface area (Å²) < 4.78 is 11.3. The molecule has 3 amide bonds. The highest BCUT2D eigenvalue weighted by molar-refractivity contribution is 5.79. The normalized spacial score (nSPS) is 16.5. The summed E-state index contributed by atoms with van der Waals surface area (Å²) in [7, 11) is 0. The summed E-state index contributed by atoms with van der Waals surface area (Å²) in [4.78, 5) is 33.3. The van der Waals surface area contributed by atoms with Crippen molar-refractivity contribution in [2.75, 3.05) is 32.8 Å². The maximum absolute atomic E-state index is 12.7. The zero-order chi connectivity index (χ0) is 23.0. The second-order valence-electron chi connectivity index (χ2n) is 8.46. The lowest BCUT2D eigenvalue weighted by Gasteiger charge is -2.34. The van der Waals surface area contributed by atoms with E-state index in [2.05, 4.69) is 10.3 Å². The standard InChI is InChI=1S/C25H32N4O4/c1-2-32-21-5-7-22(8-6-21)33-23-17-19(9-12-26-23)18-27-24(30)20-10-15-29(16-11-20)25(31)28-13-3-4-14-28/h5-9,12,17,20H,2-4,10-11,13-16,18H2,1H3,(H,27,30). The molecular weight excluding hydrogens is 420 g/mol. The molecule has 0 spiro atoms. The molecule has 1 aromatic heterocycles. The van der Waals surface area contributed by atoms with Gasteiger partial charge >= 0.3 is 6.03 Å². The molecule has 8 heteroatoms. The van der Waals surface area contributed by atoms with Gasteiger partial charge < -0.3 is 24.6 Å². The Labute approximate surface area is 194 Å². The lowest BCUT2D eigenvalue weighted by atomic mass is 9.96. The number of rotatable bonds is 7. The van der Waals surface area contributed by atoms with Gasteiger partial charge in [0.15, 0.2) is 0 Å². The van der Waals surface area contributed by atoms with Gasteiger partial charge in [0, 0.05) is 50.9 Å². The van der Waals surface area contributed by atoms with Gasteiger partial charge in [-0.3, -0.25) is 4.79 Å². The highest BCUT2D eigenvalue weighted by Gasteiger charge is 2.30. The molecule has 3 heterocycles. The Morgan fingerprint density at radius 2 is 1.67 bits per heavy atom. The third-order valence-electron chi connectivity index (χ3n) is 6.14. The fourth-order valence-corrected chi connectivity index (χ4v) is 4.28. The number of piperidine rings is 1. The van der Waals surface area contributed by atoms with E-state index in [1.165, 1.54) is 0 Å². The van der Waals surface area contributed by atoms with Crippen LogP contribution in [0.3, 0.4) is 0 Å². The molecule has 4 rings (SSSR count). The molecule has 0 aliphatic carbocycles. The van der Waals surface area contributed by atoms with Crippen LogP contribution in [0.1, 0.15) is 38.2 Å². The number of urea groups is 1. The lowest BCUT2D eigenvalue weighted by Crippen LogP contribution is -2.47. The first-order chi connectivity index (χ1) is 16.1. The van der Waals surface area contributed by atoms with E-state index in [-0.39, 0.29) is 17.9 Å². The summed E-state index contributed by atoms with van der Waals surface area (Å²) in [5.41, 5.74) is 0.918. The van der Waals surface area contributed by atoms with Gasteiger partial charge in [-0.1, -0.05) is 0 Å². The topological polar surface area (TPSA) is 84.0 Å². The number of hydrogen-bond acceptors (Lipinski definition) is 5. The number of hydrogen-bond donors (Lipinski definition) is 1. The van der Waals surface area contributed by atoms with E-state index in [1.54, 1.807) is 6.20 Å². The van der Waals surface area contributed by atoms with Crippen molar-refractivity contribution in [3.8, 4) is 17.4 Å². The summed E-state index contributed by atoms with van der Waals surface area (Å²) in [6.45, 7) is 5.97. The number of carbonyl (C=O) groups is 2. The van der Waals surface area contributed by atoms with Crippen molar-refractivity contribution in [3.05, 3.63) is 48.2 Å². The van der Waals surface area contributed by atoms with Crippen molar-refractivity contribution in [3.63, 3.8) is 0 Å². The molecule has 176 valence electrons. The van der Waals surface area contributed by atoms with Crippen LogP contribution in [0.5, 0.6) is 17.4 Å². The second kappa shape index (κ2) is 11.0. The minimum Gasteiger partial charge on any atom is -0.494 e. The minimum absolute atomic E-state index is 0.0362. The largest absolute Gasteiger partial charge is 0.494 e. The van der Waals surface area contributed by atoms with Gasteiger partial charge in [0.1, 0.15) is 11.5 Å². The third kappa shape index (κ3) is 6.15. The Hall–Kier alpha value is -3.29. The van der Waals surface area contributed by atoms with Crippen molar-refractivity contribution >= 4 is 11.9 Å². The molecule has 1 aromatic carbocycles. The predicted octanol–water partition coefficient (Wildman–Crippen LogP) is 3.82. The number of amides is 3. The molecule has 2 aromatic rings. The van der Waals surface area contributed by atoms with Crippen molar-refractivity contribution in [2.45, 2.75) is 39.2 Å². The van der Waals surface area contributed by atoms with Gasteiger partial charge in [-0.25, -0.2) is 9.78 Å². The van der Waals surface area contributed by atoms with Crippen LogP contribution < -0.4 is 14.8 Å². The van der Waals surface area contributed by atoms with Crippen molar-refractivity contribution in [1.82, 2.24) is 20.1 Å². The average Bonchev–Trinajstić information content (AvgIpc) is 3.39. The molecule has 2 fully saturated rings. The number of nitrogens with one attached hydrogen (secondary N) is 1. The van der Waals surface area contributed by atoms with E-state index in [1.807, 2.05) is 53.1 Å². The first-order valence-electron chi connectivity index (χ1n) is 11.8. The monoisotopic (exact) mass is 452 g/mol. The molecule has 2 saturated heterocycles. The van der Waals surface area contributed by atoms with Crippen LogP contribution in [0.15, 0.2) is 42.6 Å². The van der Waals surface area contributed by atoms with E-state index < -0.39 is 0 Å². The first kappa shape index (κ1) is 22.9. The maximum Gasteiger partial charge on any atom is 0.319 e.